The Morgan fingerprint density at radius 2 is 1.88 bits per heavy atom. The maximum atomic E-state index is 13.2. The molecule has 1 N–H and O–H groups in total. The van der Waals surface area contributed by atoms with Gasteiger partial charge in [-0.1, -0.05) is 6.07 Å². The molecule has 3 aromatic rings. The summed E-state index contributed by atoms with van der Waals surface area (Å²) in [6, 6.07) is 4.93. The van der Waals surface area contributed by atoms with Gasteiger partial charge in [0.15, 0.2) is 0 Å². The molecule has 0 radical (unpaired) electrons. The van der Waals surface area contributed by atoms with E-state index in [1.807, 2.05) is 0 Å². The van der Waals surface area contributed by atoms with Crippen LogP contribution in [0.4, 0.5) is 18.9 Å². The summed E-state index contributed by atoms with van der Waals surface area (Å²) in [4.78, 5) is 20.4. The molecule has 0 atom stereocenters. The molecule has 0 spiro atoms. The quantitative estimate of drug-likeness (QED) is 0.777. The van der Waals surface area contributed by atoms with Gasteiger partial charge in [-0.05, 0) is 12.1 Å². The SMILES string of the molecule is CN(C)c1cc(-c2cc(=O)[nH]c(-c3cnn(C)c3)n2)ccc1C(F)(F)F. The van der Waals surface area contributed by atoms with Crippen molar-refractivity contribution < 1.29 is 13.2 Å². The minimum absolute atomic E-state index is 0.00000871. The van der Waals surface area contributed by atoms with E-state index in [-0.39, 0.29) is 11.4 Å². The summed E-state index contributed by atoms with van der Waals surface area (Å²) in [5, 5.41) is 4.02. The van der Waals surface area contributed by atoms with E-state index in [1.165, 1.54) is 37.2 Å². The fourth-order valence-electron chi connectivity index (χ4n) is 2.59. The summed E-state index contributed by atoms with van der Waals surface area (Å²) in [7, 11) is 4.78. The van der Waals surface area contributed by atoms with Crippen molar-refractivity contribution in [3.63, 3.8) is 0 Å². The minimum atomic E-state index is -4.47. The second-order valence-electron chi connectivity index (χ2n) is 6.01. The molecule has 0 fully saturated rings. The van der Waals surface area contributed by atoms with E-state index in [1.54, 1.807) is 24.1 Å². The summed E-state index contributed by atoms with van der Waals surface area (Å²) in [6.45, 7) is 0. The number of benzene rings is 1. The zero-order chi connectivity index (χ0) is 19.1. The smallest absolute Gasteiger partial charge is 0.377 e. The highest BCUT2D eigenvalue weighted by molar-refractivity contribution is 5.69. The van der Waals surface area contributed by atoms with Gasteiger partial charge in [0.2, 0.25) is 0 Å². The largest absolute Gasteiger partial charge is 0.418 e. The van der Waals surface area contributed by atoms with Crippen LogP contribution in [-0.4, -0.2) is 33.8 Å². The number of hydrogen-bond donors (Lipinski definition) is 1. The molecule has 0 saturated heterocycles. The van der Waals surface area contributed by atoms with Gasteiger partial charge in [-0.25, -0.2) is 4.98 Å². The number of nitrogens with zero attached hydrogens (tertiary/aromatic N) is 4. The maximum absolute atomic E-state index is 13.2. The van der Waals surface area contributed by atoms with Crippen molar-refractivity contribution in [2.45, 2.75) is 6.18 Å². The van der Waals surface area contributed by atoms with Gasteiger partial charge >= 0.3 is 6.18 Å². The number of H-pyrrole nitrogens is 1. The van der Waals surface area contributed by atoms with E-state index in [4.69, 9.17) is 0 Å². The number of rotatable bonds is 3. The molecule has 6 nitrogen and oxygen atoms in total. The molecule has 0 saturated carbocycles. The Balaban J connectivity index is 2.14. The fourth-order valence-corrected chi connectivity index (χ4v) is 2.59. The summed E-state index contributed by atoms with van der Waals surface area (Å²) in [5.41, 5.74) is 0.150. The van der Waals surface area contributed by atoms with E-state index >= 15 is 0 Å². The van der Waals surface area contributed by atoms with Crippen LogP contribution in [0.3, 0.4) is 0 Å². The van der Waals surface area contributed by atoms with E-state index in [0.717, 1.165) is 6.07 Å². The molecule has 26 heavy (non-hydrogen) atoms. The normalized spacial score (nSPS) is 11.6. The number of hydrogen-bond acceptors (Lipinski definition) is 4. The molecule has 3 rings (SSSR count). The van der Waals surface area contributed by atoms with Gasteiger partial charge in [-0.15, -0.1) is 0 Å². The Morgan fingerprint density at radius 1 is 1.15 bits per heavy atom. The number of alkyl halides is 3. The van der Waals surface area contributed by atoms with Crippen LogP contribution in [0.15, 0.2) is 41.5 Å². The van der Waals surface area contributed by atoms with Gasteiger partial charge in [-0.3, -0.25) is 9.48 Å². The monoisotopic (exact) mass is 363 g/mol. The number of aryl methyl sites for hydroxylation is 1. The van der Waals surface area contributed by atoms with E-state index in [9.17, 15) is 18.0 Å². The standard InChI is InChI=1S/C17H16F3N5O/c1-24(2)14-6-10(4-5-12(14)17(18,19)20)13-7-15(26)23-16(22-13)11-8-21-25(3)9-11/h4-9H,1-3H3,(H,22,23,26). The van der Waals surface area contributed by atoms with Crippen molar-refractivity contribution >= 4 is 5.69 Å². The van der Waals surface area contributed by atoms with Crippen LogP contribution in [0.5, 0.6) is 0 Å². The third kappa shape index (κ3) is 3.46. The van der Waals surface area contributed by atoms with Crippen LogP contribution >= 0.6 is 0 Å². The lowest BCUT2D eigenvalue weighted by atomic mass is 10.1. The van der Waals surface area contributed by atoms with Gasteiger partial charge in [0.1, 0.15) is 5.82 Å². The average molecular weight is 363 g/mol. The lowest BCUT2D eigenvalue weighted by molar-refractivity contribution is -0.137. The molecule has 1 aromatic carbocycles. The van der Waals surface area contributed by atoms with Crippen molar-refractivity contribution in [3.05, 3.63) is 52.6 Å². The van der Waals surface area contributed by atoms with Crippen LogP contribution in [0.1, 0.15) is 5.56 Å². The predicted molar refractivity (Wildman–Crippen MR) is 91.8 cm³/mol. The molecule has 2 heterocycles. The third-order valence-corrected chi connectivity index (χ3v) is 3.80. The summed E-state index contributed by atoms with van der Waals surface area (Å²) >= 11 is 0. The molecule has 0 amide bonds. The topological polar surface area (TPSA) is 66.8 Å². The minimum Gasteiger partial charge on any atom is -0.377 e. The number of anilines is 1. The molecular formula is C17H16F3N5O. The molecule has 0 bridgehead atoms. The highest BCUT2D eigenvalue weighted by Gasteiger charge is 2.34. The van der Waals surface area contributed by atoms with Gasteiger partial charge in [0.05, 0.1) is 23.0 Å². The zero-order valence-electron chi connectivity index (χ0n) is 14.3. The highest BCUT2D eigenvalue weighted by atomic mass is 19.4. The first-order chi connectivity index (χ1) is 12.1. The molecule has 9 heteroatoms. The Hall–Kier alpha value is -3.10. The molecule has 2 aromatic heterocycles. The maximum Gasteiger partial charge on any atom is 0.418 e. The van der Waals surface area contributed by atoms with Crippen LogP contribution in [0, 0.1) is 0 Å². The summed E-state index contributed by atoms with van der Waals surface area (Å²) in [5.74, 6) is 0.298. The van der Waals surface area contributed by atoms with Crippen molar-refractivity contribution in [1.29, 1.82) is 0 Å². The molecule has 0 aliphatic carbocycles. The second-order valence-corrected chi connectivity index (χ2v) is 6.01. The number of nitrogens with one attached hydrogen (secondary N) is 1. The first-order valence-electron chi connectivity index (χ1n) is 7.64. The summed E-state index contributed by atoms with van der Waals surface area (Å²) < 4.78 is 41.1. The van der Waals surface area contributed by atoms with Crippen molar-refractivity contribution in [1.82, 2.24) is 19.7 Å². The Bertz CT molecular complexity index is 1000. The third-order valence-electron chi connectivity index (χ3n) is 3.80. The molecule has 0 unspecified atom stereocenters. The van der Waals surface area contributed by atoms with Crippen LogP contribution < -0.4 is 10.5 Å². The number of halogens is 3. The van der Waals surface area contributed by atoms with Gasteiger partial charge in [0, 0.05) is 44.7 Å². The van der Waals surface area contributed by atoms with Gasteiger partial charge < -0.3 is 9.88 Å². The average Bonchev–Trinajstić information content (AvgIpc) is 2.99. The molecule has 0 aliphatic rings. The molecule has 136 valence electrons. The molecular weight excluding hydrogens is 347 g/mol. The van der Waals surface area contributed by atoms with Crippen molar-refractivity contribution in [2.24, 2.45) is 7.05 Å². The van der Waals surface area contributed by atoms with Gasteiger partial charge in [-0.2, -0.15) is 18.3 Å². The van der Waals surface area contributed by atoms with Crippen LogP contribution in [-0.2, 0) is 13.2 Å². The van der Waals surface area contributed by atoms with Crippen LogP contribution in [0.25, 0.3) is 22.6 Å². The fraction of sp³-hybridized carbons (Fsp3) is 0.235. The predicted octanol–water partition coefficient (Wildman–Crippen LogP) is 2.92. The first-order valence-corrected chi connectivity index (χ1v) is 7.64. The van der Waals surface area contributed by atoms with Crippen molar-refractivity contribution in [3.8, 4) is 22.6 Å². The van der Waals surface area contributed by atoms with Gasteiger partial charge in [0.25, 0.3) is 5.56 Å². The second kappa shape index (κ2) is 6.32. The number of aromatic nitrogens is 4. The van der Waals surface area contributed by atoms with E-state index in [2.05, 4.69) is 15.1 Å². The summed E-state index contributed by atoms with van der Waals surface area (Å²) in [6.07, 6.45) is -1.25. The zero-order valence-corrected chi connectivity index (χ0v) is 14.3. The lowest BCUT2D eigenvalue weighted by Crippen LogP contribution is -2.16. The van der Waals surface area contributed by atoms with Crippen molar-refractivity contribution in [2.75, 3.05) is 19.0 Å². The number of aromatic amines is 1. The Kier molecular flexibility index (Phi) is 4.31. The van der Waals surface area contributed by atoms with Crippen LogP contribution in [0.2, 0.25) is 0 Å². The van der Waals surface area contributed by atoms with E-state index in [0.29, 0.717) is 17.0 Å². The molecule has 0 aliphatic heterocycles. The lowest BCUT2D eigenvalue weighted by Gasteiger charge is -2.20. The van der Waals surface area contributed by atoms with E-state index < -0.39 is 17.3 Å². The Morgan fingerprint density at radius 3 is 2.46 bits per heavy atom. The Labute approximate surface area is 146 Å². The first kappa shape index (κ1) is 17.7. The highest BCUT2D eigenvalue weighted by Crippen LogP contribution is 2.38.